The van der Waals surface area contributed by atoms with E-state index in [1.165, 1.54) is 0 Å². The molecular weight excluding hydrogens is 244 g/mol. The van der Waals surface area contributed by atoms with E-state index in [4.69, 9.17) is 15.2 Å². The molecule has 102 valence electrons. The normalized spacial score (nSPS) is 11.9. The van der Waals surface area contributed by atoms with Gasteiger partial charge in [0.25, 0.3) is 0 Å². The molecule has 1 aromatic carbocycles. The van der Waals surface area contributed by atoms with Crippen LogP contribution in [0.2, 0.25) is 0 Å². The van der Waals surface area contributed by atoms with Crippen molar-refractivity contribution in [3.8, 4) is 11.5 Å². The first kappa shape index (κ1) is 13.1. The van der Waals surface area contributed by atoms with E-state index in [1.807, 2.05) is 19.2 Å². The molecule has 1 atom stereocenters. The lowest BCUT2D eigenvalue weighted by molar-refractivity contribution is 0.355. The van der Waals surface area contributed by atoms with Crippen LogP contribution in [-0.2, 0) is 0 Å². The molecule has 1 aromatic heterocycles. The molecule has 0 spiro atoms. The van der Waals surface area contributed by atoms with Crippen LogP contribution in [0.1, 0.15) is 18.5 Å². The SMILES string of the molecule is COc1cc(N)c(NC(C)c2cn[nH]c2)cc1OC. The molecule has 0 bridgehead atoms. The van der Waals surface area contributed by atoms with E-state index in [0.29, 0.717) is 17.2 Å². The van der Waals surface area contributed by atoms with Crippen molar-refractivity contribution in [1.82, 2.24) is 10.2 Å². The molecule has 0 amide bonds. The Morgan fingerprint density at radius 2 is 1.95 bits per heavy atom. The van der Waals surface area contributed by atoms with Gasteiger partial charge >= 0.3 is 0 Å². The van der Waals surface area contributed by atoms with Crippen molar-refractivity contribution in [2.24, 2.45) is 0 Å². The molecule has 2 rings (SSSR count). The predicted molar refractivity (Wildman–Crippen MR) is 74.6 cm³/mol. The molecule has 2 aromatic rings. The molecular formula is C13H18N4O2. The van der Waals surface area contributed by atoms with Crippen LogP contribution in [0.25, 0.3) is 0 Å². The lowest BCUT2D eigenvalue weighted by atomic mass is 10.1. The Kier molecular flexibility index (Phi) is 3.79. The first-order valence-corrected chi connectivity index (χ1v) is 5.92. The maximum atomic E-state index is 6.00. The Morgan fingerprint density at radius 3 is 2.53 bits per heavy atom. The number of rotatable bonds is 5. The second kappa shape index (κ2) is 5.51. The molecule has 0 aliphatic rings. The number of hydrogen-bond acceptors (Lipinski definition) is 5. The van der Waals surface area contributed by atoms with Crippen molar-refractivity contribution in [2.75, 3.05) is 25.3 Å². The minimum absolute atomic E-state index is 0.0825. The molecule has 0 saturated heterocycles. The van der Waals surface area contributed by atoms with E-state index < -0.39 is 0 Å². The summed E-state index contributed by atoms with van der Waals surface area (Å²) in [7, 11) is 3.18. The second-order valence-corrected chi connectivity index (χ2v) is 4.19. The fourth-order valence-corrected chi connectivity index (χ4v) is 1.83. The minimum Gasteiger partial charge on any atom is -0.493 e. The van der Waals surface area contributed by atoms with E-state index in [2.05, 4.69) is 15.5 Å². The fourth-order valence-electron chi connectivity index (χ4n) is 1.83. The third-order valence-corrected chi connectivity index (χ3v) is 2.95. The Bertz CT molecular complexity index is 540. The van der Waals surface area contributed by atoms with E-state index in [9.17, 15) is 0 Å². The van der Waals surface area contributed by atoms with Gasteiger partial charge in [-0.2, -0.15) is 5.10 Å². The molecule has 0 aliphatic heterocycles. The number of nitrogens with one attached hydrogen (secondary N) is 2. The molecule has 6 nitrogen and oxygen atoms in total. The van der Waals surface area contributed by atoms with Crippen molar-refractivity contribution in [3.63, 3.8) is 0 Å². The molecule has 6 heteroatoms. The summed E-state index contributed by atoms with van der Waals surface area (Å²) in [6.07, 6.45) is 3.61. The van der Waals surface area contributed by atoms with Crippen molar-refractivity contribution in [1.29, 1.82) is 0 Å². The van der Waals surface area contributed by atoms with Gasteiger partial charge < -0.3 is 20.5 Å². The van der Waals surface area contributed by atoms with Gasteiger partial charge in [0.1, 0.15) is 0 Å². The molecule has 19 heavy (non-hydrogen) atoms. The Balaban J connectivity index is 2.25. The quantitative estimate of drug-likeness (QED) is 0.719. The van der Waals surface area contributed by atoms with Crippen molar-refractivity contribution in [2.45, 2.75) is 13.0 Å². The lowest BCUT2D eigenvalue weighted by Crippen LogP contribution is -2.08. The molecule has 0 saturated carbocycles. The van der Waals surface area contributed by atoms with Gasteiger partial charge in [-0.25, -0.2) is 0 Å². The molecule has 0 fully saturated rings. The summed E-state index contributed by atoms with van der Waals surface area (Å²) in [5.41, 5.74) is 8.45. The summed E-state index contributed by atoms with van der Waals surface area (Å²) in [6.45, 7) is 2.03. The zero-order valence-electron chi connectivity index (χ0n) is 11.2. The standard InChI is InChI=1S/C13H18N4O2/c1-8(9-6-15-16-7-9)17-11-5-13(19-3)12(18-2)4-10(11)14/h4-8,17H,14H2,1-3H3,(H,15,16). The van der Waals surface area contributed by atoms with Gasteiger partial charge in [0.2, 0.25) is 0 Å². The monoisotopic (exact) mass is 262 g/mol. The topological polar surface area (TPSA) is 85.2 Å². The molecule has 0 aliphatic carbocycles. The number of aromatic amines is 1. The van der Waals surface area contributed by atoms with Crippen LogP contribution in [0.4, 0.5) is 11.4 Å². The Labute approximate surface area is 111 Å². The fraction of sp³-hybridized carbons (Fsp3) is 0.308. The van der Waals surface area contributed by atoms with Gasteiger partial charge in [0.05, 0.1) is 37.8 Å². The van der Waals surface area contributed by atoms with E-state index >= 15 is 0 Å². The van der Waals surface area contributed by atoms with Gasteiger partial charge in [0, 0.05) is 23.9 Å². The maximum Gasteiger partial charge on any atom is 0.162 e. The number of nitrogen functional groups attached to an aromatic ring is 1. The number of ether oxygens (including phenoxy) is 2. The summed E-state index contributed by atoms with van der Waals surface area (Å²) < 4.78 is 10.5. The van der Waals surface area contributed by atoms with Crippen LogP contribution in [-0.4, -0.2) is 24.4 Å². The van der Waals surface area contributed by atoms with Crippen LogP contribution in [0.3, 0.4) is 0 Å². The number of H-pyrrole nitrogens is 1. The Hall–Kier alpha value is -2.37. The lowest BCUT2D eigenvalue weighted by Gasteiger charge is -2.17. The highest BCUT2D eigenvalue weighted by Crippen LogP contribution is 2.36. The Morgan fingerprint density at radius 1 is 1.26 bits per heavy atom. The molecule has 4 N–H and O–H groups in total. The van der Waals surface area contributed by atoms with Crippen LogP contribution < -0.4 is 20.5 Å². The van der Waals surface area contributed by atoms with Crippen LogP contribution in [0, 0.1) is 0 Å². The number of methoxy groups -OCH3 is 2. The highest BCUT2D eigenvalue weighted by atomic mass is 16.5. The number of benzene rings is 1. The number of nitrogens with two attached hydrogens (primary N) is 1. The average molecular weight is 262 g/mol. The van der Waals surface area contributed by atoms with Gasteiger partial charge in [-0.15, -0.1) is 0 Å². The first-order chi connectivity index (χ1) is 9.15. The van der Waals surface area contributed by atoms with Gasteiger partial charge in [-0.05, 0) is 6.92 Å². The van der Waals surface area contributed by atoms with Crippen LogP contribution >= 0.6 is 0 Å². The van der Waals surface area contributed by atoms with E-state index in [0.717, 1.165) is 11.3 Å². The van der Waals surface area contributed by atoms with Gasteiger partial charge in [-0.1, -0.05) is 0 Å². The zero-order valence-corrected chi connectivity index (χ0v) is 11.2. The van der Waals surface area contributed by atoms with Crippen molar-refractivity contribution < 1.29 is 9.47 Å². The van der Waals surface area contributed by atoms with Gasteiger partial charge in [-0.3, -0.25) is 5.10 Å². The number of nitrogens with zero attached hydrogens (tertiary/aromatic N) is 1. The summed E-state index contributed by atoms with van der Waals surface area (Å²) in [6, 6.07) is 3.65. The van der Waals surface area contributed by atoms with E-state index in [-0.39, 0.29) is 6.04 Å². The number of anilines is 2. The average Bonchev–Trinajstić information content (AvgIpc) is 2.94. The van der Waals surface area contributed by atoms with Crippen molar-refractivity contribution >= 4 is 11.4 Å². The van der Waals surface area contributed by atoms with Gasteiger partial charge in [0.15, 0.2) is 11.5 Å². The minimum atomic E-state index is 0.0825. The van der Waals surface area contributed by atoms with Crippen molar-refractivity contribution in [3.05, 3.63) is 30.1 Å². The smallest absolute Gasteiger partial charge is 0.162 e. The highest BCUT2D eigenvalue weighted by molar-refractivity contribution is 5.72. The van der Waals surface area contributed by atoms with Crippen LogP contribution in [0.5, 0.6) is 11.5 Å². The maximum absolute atomic E-state index is 6.00. The number of aromatic nitrogens is 2. The first-order valence-electron chi connectivity index (χ1n) is 5.92. The third-order valence-electron chi connectivity index (χ3n) is 2.95. The third kappa shape index (κ3) is 2.73. The largest absolute Gasteiger partial charge is 0.493 e. The molecule has 1 heterocycles. The molecule has 1 unspecified atom stereocenters. The summed E-state index contributed by atoms with van der Waals surface area (Å²) in [5.74, 6) is 1.25. The van der Waals surface area contributed by atoms with E-state index in [1.54, 1.807) is 26.5 Å². The zero-order chi connectivity index (χ0) is 13.8. The highest BCUT2D eigenvalue weighted by Gasteiger charge is 2.12. The predicted octanol–water partition coefficient (Wildman–Crippen LogP) is 2.18. The summed E-state index contributed by atoms with van der Waals surface area (Å²) >= 11 is 0. The number of hydrogen-bond donors (Lipinski definition) is 3. The molecule has 0 radical (unpaired) electrons. The summed E-state index contributed by atoms with van der Waals surface area (Å²) in [4.78, 5) is 0. The second-order valence-electron chi connectivity index (χ2n) is 4.19. The summed E-state index contributed by atoms with van der Waals surface area (Å²) in [5, 5.41) is 10.0. The van der Waals surface area contributed by atoms with Crippen LogP contribution in [0.15, 0.2) is 24.5 Å².